The van der Waals surface area contributed by atoms with Crippen molar-refractivity contribution >= 4 is 16.8 Å². The molecule has 1 amide bonds. The number of carbonyl (C=O) groups excluding carboxylic acids is 1. The zero-order chi connectivity index (χ0) is 20.3. The van der Waals surface area contributed by atoms with Gasteiger partial charge in [0.2, 0.25) is 0 Å². The summed E-state index contributed by atoms with van der Waals surface area (Å²) < 4.78 is 2.30. The van der Waals surface area contributed by atoms with Crippen molar-refractivity contribution in [2.75, 3.05) is 13.6 Å². The summed E-state index contributed by atoms with van der Waals surface area (Å²) in [7, 11) is 2.25. The van der Waals surface area contributed by atoms with Gasteiger partial charge in [-0.1, -0.05) is 18.1 Å². The predicted molar refractivity (Wildman–Crippen MR) is 115 cm³/mol. The maximum absolute atomic E-state index is 13.0. The first kappa shape index (κ1) is 19.1. The molecule has 5 nitrogen and oxygen atoms in total. The second-order valence-corrected chi connectivity index (χ2v) is 9.50. The summed E-state index contributed by atoms with van der Waals surface area (Å²) >= 11 is 0. The van der Waals surface area contributed by atoms with E-state index >= 15 is 0 Å². The molecule has 3 heterocycles. The molecule has 2 aliphatic heterocycles. The molecule has 156 valence electrons. The highest BCUT2D eigenvalue weighted by molar-refractivity contribution is 5.89. The molecule has 1 aromatic heterocycles. The first-order chi connectivity index (χ1) is 13.9. The smallest absolute Gasteiger partial charge is 0.254 e. The highest BCUT2D eigenvalue weighted by atomic mass is 16.3. The number of aryl methyl sites for hydroxylation is 1. The summed E-state index contributed by atoms with van der Waals surface area (Å²) in [5.74, 6) is -0.154. The van der Waals surface area contributed by atoms with Gasteiger partial charge in [0.15, 0.2) is 5.60 Å². The van der Waals surface area contributed by atoms with Crippen molar-refractivity contribution in [1.29, 1.82) is 0 Å². The number of hydrogen-bond donors (Lipinski definition) is 2. The van der Waals surface area contributed by atoms with Crippen molar-refractivity contribution in [1.82, 2.24) is 14.8 Å². The lowest BCUT2D eigenvalue weighted by molar-refractivity contribution is -0.152. The molecule has 2 N–H and O–H groups in total. The second-order valence-electron chi connectivity index (χ2n) is 9.50. The van der Waals surface area contributed by atoms with E-state index in [4.69, 9.17) is 0 Å². The third-order valence-corrected chi connectivity index (χ3v) is 7.88. The Balaban J connectivity index is 1.65. The number of nitrogens with zero attached hydrogens (tertiary/aromatic N) is 2. The minimum absolute atomic E-state index is 0.0515. The topological polar surface area (TPSA) is 57.5 Å². The molecule has 1 saturated heterocycles. The van der Waals surface area contributed by atoms with Crippen LogP contribution in [0.15, 0.2) is 18.2 Å². The number of nitrogens with one attached hydrogen (secondary N) is 1. The third-order valence-electron chi connectivity index (χ3n) is 7.88. The van der Waals surface area contributed by atoms with Gasteiger partial charge in [0.25, 0.3) is 5.91 Å². The van der Waals surface area contributed by atoms with Crippen LogP contribution in [0.1, 0.15) is 61.9 Å². The van der Waals surface area contributed by atoms with Crippen LogP contribution in [0.5, 0.6) is 0 Å². The van der Waals surface area contributed by atoms with Gasteiger partial charge in [-0.2, -0.15) is 0 Å². The Kier molecular flexibility index (Phi) is 4.52. The average molecular weight is 396 g/mol. The van der Waals surface area contributed by atoms with Gasteiger partial charge in [-0.3, -0.25) is 9.69 Å². The van der Waals surface area contributed by atoms with E-state index in [2.05, 4.69) is 47.0 Å². The van der Waals surface area contributed by atoms with E-state index in [-0.39, 0.29) is 11.8 Å². The zero-order valence-corrected chi connectivity index (χ0v) is 17.9. The Bertz CT molecular complexity index is 961. The Labute approximate surface area is 173 Å². The first-order valence-corrected chi connectivity index (χ1v) is 11.3. The van der Waals surface area contributed by atoms with Gasteiger partial charge in [-0.05, 0) is 70.2 Å². The normalized spacial score (nSPS) is 26.2. The lowest BCUT2D eigenvalue weighted by Crippen LogP contribution is -2.56. The van der Waals surface area contributed by atoms with Crippen LogP contribution in [0.25, 0.3) is 10.9 Å². The molecule has 3 unspecified atom stereocenters. The van der Waals surface area contributed by atoms with E-state index in [1.807, 2.05) is 6.92 Å². The van der Waals surface area contributed by atoms with Crippen LogP contribution in [0.4, 0.5) is 0 Å². The fourth-order valence-electron chi connectivity index (χ4n) is 5.98. The van der Waals surface area contributed by atoms with Gasteiger partial charge in [0.05, 0.1) is 6.54 Å². The van der Waals surface area contributed by atoms with Crippen molar-refractivity contribution in [2.45, 2.75) is 76.6 Å². The van der Waals surface area contributed by atoms with Crippen LogP contribution in [0, 0.1) is 12.8 Å². The zero-order valence-electron chi connectivity index (χ0n) is 17.9. The molecule has 5 heteroatoms. The Hall–Kier alpha value is -1.85. The standard InChI is InChI=1S/C24H33N3O2/c1-4-25-23(28)24(29,16-6-5-7-16)14-27-19-10-8-15(2)12-18(19)22-20-11-9-17(26(20)3)13-21(22)27/h8,10,12,16-17,20,29H,4-7,9,11,13-14H2,1-3H3,(H,25,28). The number of benzene rings is 1. The summed E-state index contributed by atoms with van der Waals surface area (Å²) in [6.45, 7) is 4.98. The Morgan fingerprint density at radius 1 is 1.28 bits per heavy atom. The quantitative estimate of drug-likeness (QED) is 0.817. The highest BCUT2D eigenvalue weighted by Gasteiger charge is 2.48. The predicted octanol–water partition coefficient (Wildman–Crippen LogP) is 3.31. The Morgan fingerprint density at radius 2 is 2.07 bits per heavy atom. The van der Waals surface area contributed by atoms with Crippen LogP contribution >= 0.6 is 0 Å². The monoisotopic (exact) mass is 395 g/mol. The number of fused-ring (bicyclic) bond motifs is 6. The number of aromatic nitrogens is 1. The van der Waals surface area contributed by atoms with Gasteiger partial charge >= 0.3 is 0 Å². The fraction of sp³-hybridized carbons (Fsp3) is 0.625. The lowest BCUT2D eigenvalue weighted by Gasteiger charge is -2.41. The van der Waals surface area contributed by atoms with Gasteiger partial charge < -0.3 is 15.0 Å². The van der Waals surface area contributed by atoms with E-state index in [0.717, 1.165) is 25.7 Å². The summed E-state index contributed by atoms with van der Waals surface area (Å²) in [5, 5.41) is 15.9. The van der Waals surface area contributed by atoms with Gasteiger partial charge in [-0.15, -0.1) is 0 Å². The highest BCUT2D eigenvalue weighted by Crippen LogP contribution is 2.48. The van der Waals surface area contributed by atoms with Crippen LogP contribution in [-0.4, -0.2) is 45.7 Å². The number of amides is 1. The molecule has 2 fully saturated rings. The molecular formula is C24H33N3O2. The van der Waals surface area contributed by atoms with E-state index in [1.165, 1.54) is 40.6 Å². The average Bonchev–Trinajstić information content (AvgIpc) is 3.04. The van der Waals surface area contributed by atoms with Crippen molar-refractivity contribution in [3.05, 3.63) is 35.0 Å². The third kappa shape index (κ3) is 2.77. The minimum atomic E-state index is -1.33. The van der Waals surface area contributed by atoms with Gasteiger partial charge in [0.1, 0.15) is 0 Å². The minimum Gasteiger partial charge on any atom is -0.378 e. The second kappa shape index (κ2) is 6.85. The molecule has 5 rings (SSSR count). The van der Waals surface area contributed by atoms with Crippen LogP contribution in [-0.2, 0) is 17.8 Å². The van der Waals surface area contributed by atoms with Crippen LogP contribution in [0.2, 0.25) is 0 Å². The fourth-order valence-corrected chi connectivity index (χ4v) is 5.98. The number of likely N-dealkylation sites (N-methyl/N-ethyl adjacent to an activating group) is 2. The van der Waals surface area contributed by atoms with Crippen molar-refractivity contribution < 1.29 is 9.90 Å². The molecular weight excluding hydrogens is 362 g/mol. The van der Waals surface area contributed by atoms with E-state index < -0.39 is 5.60 Å². The number of aliphatic hydroxyl groups is 1. The number of rotatable bonds is 5. The Morgan fingerprint density at radius 3 is 2.76 bits per heavy atom. The van der Waals surface area contributed by atoms with Crippen molar-refractivity contribution in [2.24, 2.45) is 5.92 Å². The number of hydrogen-bond acceptors (Lipinski definition) is 3. The molecule has 1 aromatic carbocycles. The molecule has 29 heavy (non-hydrogen) atoms. The molecule has 1 saturated carbocycles. The summed E-state index contributed by atoms with van der Waals surface area (Å²) in [6.07, 6.45) is 6.40. The summed E-state index contributed by atoms with van der Waals surface area (Å²) in [5.41, 5.74) is 3.88. The molecule has 2 bridgehead atoms. The van der Waals surface area contributed by atoms with Crippen LogP contribution < -0.4 is 5.32 Å². The maximum Gasteiger partial charge on any atom is 0.254 e. The molecule has 0 radical (unpaired) electrons. The molecule has 3 atom stereocenters. The molecule has 3 aliphatic rings. The summed E-state index contributed by atoms with van der Waals surface area (Å²) in [6, 6.07) is 7.66. The van der Waals surface area contributed by atoms with E-state index in [0.29, 0.717) is 25.2 Å². The molecule has 0 spiro atoms. The first-order valence-electron chi connectivity index (χ1n) is 11.3. The SMILES string of the molecule is CCNC(=O)C(O)(Cn1c2c(c3cc(C)ccc31)C1CCC(C2)N1C)C1CCC1. The number of carbonyl (C=O) groups is 1. The maximum atomic E-state index is 13.0. The van der Waals surface area contributed by atoms with E-state index in [1.54, 1.807) is 0 Å². The van der Waals surface area contributed by atoms with Crippen molar-refractivity contribution in [3.63, 3.8) is 0 Å². The molecule has 1 aliphatic carbocycles. The largest absolute Gasteiger partial charge is 0.378 e. The van der Waals surface area contributed by atoms with E-state index in [9.17, 15) is 9.90 Å². The van der Waals surface area contributed by atoms with Gasteiger partial charge in [-0.25, -0.2) is 0 Å². The van der Waals surface area contributed by atoms with Crippen LogP contribution in [0.3, 0.4) is 0 Å². The summed E-state index contributed by atoms with van der Waals surface area (Å²) in [4.78, 5) is 15.5. The van der Waals surface area contributed by atoms with Gasteiger partial charge in [0, 0.05) is 41.6 Å². The molecule has 2 aromatic rings. The van der Waals surface area contributed by atoms with Crippen molar-refractivity contribution in [3.8, 4) is 0 Å². The lowest BCUT2D eigenvalue weighted by atomic mass is 9.72.